The fourth-order valence-electron chi connectivity index (χ4n) is 3.72. The van der Waals surface area contributed by atoms with E-state index in [2.05, 4.69) is 46.5 Å². The van der Waals surface area contributed by atoms with Crippen LogP contribution < -0.4 is 4.74 Å². The molecule has 0 N–H and O–H groups in total. The number of likely N-dealkylation sites (N-methyl/N-ethyl adjacent to an activating group) is 1. The van der Waals surface area contributed by atoms with E-state index in [1.54, 1.807) is 12.0 Å². The van der Waals surface area contributed by atoms with Gasteiger partial charge in [0.25, 0.3) is 5.91 Å². The number of aryl methyl sites for hydroxylation is 1. The molecule has 2 heterocycles. The number of carbonyl (C=O) groups is 1. The van der Waals surface area contributed by atoms with Crippen LogP contribution in [0.4, 0.5) is 5.69 Å². The van der Waals surface area contributed by atoms with E-state index in [-0.39, 0.29) is 5.91 Å². The Balaban J connectivity index is 1.69. The molecule has 0 saturated carbocycles. The third-order valence-corrected chi connectivity index (χ3v) is 7.03. The summed E-state index contributed by atoms with van der Waals surface area (Å²) < 4.78 is 8.44. The molecule has 5 nitrogen and oxygen atoms in total. The van der Waals surface area contributed by atoms with Gasteiger partial charge in [0.1, 0.15) is 5.75 Å². The topological polar surface area (TPSA) is 46.8 Å². The number of aromatic nitrogens is 1. The van der Waals surface area contributed by atoms with Crippen molar-refractivity contribution in [3.8, 4) is 11.4 Å². The molecule has 0 unspecified atom stereocenters. The molecule has 2 aromatic carbocycles. The first-order valence-electron chi connectivity index (χ1n) is 10.3. The van der Waals surface area contributed by atoms with Gasteiger partial charge in [0.15, 0.2) is 5.17 Å². The van der Waals surface area contributed by atoms with Crippen LogP contribution in [-0.2, 0) is 4.79 Å². The van der Waals surface area contributed by atoms with Gasteiger partial charge in [0, 0.05) is 22.4 Å². The summed E-state index contributed by atoms with van der Waals surface area (Å²) in [6, 6.07) is 17.8. The van der Waals surface area contributed by atoms with Gasteiger partial charge in [-0.15, -0.1) is 0 Å². The number of carbonyl (C=O) groups excluding carboxylic acids is 1. The number of hydrogen-bond acceptors (Lipinski definition) is 4. The molecule has 0 bridgehead atoms. The molecule has 1 fully saturated rings. The summed E-state index contributed by atoms with van der Waals surface area (Å²) in [7, 11) is 1.63. The van der Waals surface area contributed by atoms with Crippen molar-refractivity contribution in [1.82, 2.24) is 9.47 Å². The lowest BCUT2D eigenvalue weighted by atomic mass is 10.2. The first kappa shape index (κ1) is 22.4. The quantitative estimate of drug-likeness (QED) is 0.369. The van der Waals surface area contributed by atoms with E-state index >= 15 is 0 Å². The van der Waals surface area contributed by atoms with E-state index in [1.165, 1.54) is 11.8 Å². The number of aliphatic imine (C=N–C) groups is 1. The second-order valence-corrected chi connectivity index (χ2v) is 9.23. The second kappa shape index (κ2) is 9.38. The van der Waals surface area contributed by atoms with Crippen LogP contribution in [0.5, 0.6) is 5.75 Å². The maximum atomic E-state index is 13.1. The zero-order chi connectivity index (χ0) is 22.8. The molecule has 0 atom stereocenters. The standard InChI is InChI=1S/C25H24BrN3O2S/c1-5-28-24(30)23(32-25(28)27-19-10-12-20(31-4)13-11-19)15-18-14-16(2)29(17(18)3)22-9-7-6-8-21(22)26/h6-15H,5H2,1-4H3/b23-15+,27-25?. The Morgan fingerprint density at radius 3 is 2.50 bits per heavy atom. The molecule has 1 saturated heterocycles. The number of rotatable bonds is 5. The lowest BCUT2D eigenvalue weighted by molar-refractivity contribution is -0.122. The normalized spacial score (nSPS) is 16.4. The van der Waals surface area contributed by atoms with Crippen molar-refractivity contribution in [3.63, 3.8) is 0 Å². The Hall–Kier alpha value is -2.77. The van der Waals surface area contributed by atoms with E-state index < -0.39 is 0 Å². The summed E-state index contributed by atoms with van der Waals surface area (Å²) in [6.45, 7) is 6.68. The zero-order valence-corrected chi connectivity index (χ0v) is 20.8. The van der Waals surface area contributed by atoms with Gasteiger partial charge in [0.05, 0.1) is 23.4 Å². The number of nitrogens with zero attached hydrogens (tertiary/aromatic N) is 3. The van der Waals surface area contributed by atoms with Crippen molar-refractivity contribution in [2.45, 2.75) is 20.8 Å². The molecule has 0 radical (unpaired) electrons. The summed E-state index contributed by atoms with van der Waals surface area (Å²) in [5, 5.41) is 0.688. The van der Waals surface area contributed by atoms with Gasteiger partial charge >= 0.3 is 0 Å². The Bertz CT molecular complexity index is 1230. The molecular weight excluding hydrogens is 486 g/mol. The highest BCUT2D eigenvalue weighted by molar-refractivity contribution is 9.10. The Labute approximate surface area is 200 Å². The zero-order valence-electron chi connectivity index (χ0n) is 18.4. The smallest absolute Gasteiger partial charge is 0.266 e. The molecule has 0 spiro atoms. The van der Waals surface area contributed by atoms with E-state index in [1.807, 2.05) is 55.5 Å². The van der Waals surface area contributed by atoms with Crippen LogP contribution in [-0.4, -0.2) is 34.2 Å². The number of methoxy groups -OCH3 is 1. The molecule has 1 aromatic heterocycles. The largest absolute Gasteiger partial charge is 0.497 e. The summed E-state index contributed by atoms with van der Waals surface area (Å²) in [5.74, 6) is 0.757. The Morgan fingerprint density at radius 1 is 1.12 bits per heavy atom. The summed E-state index contributed by atoms with van der Waals surface area (Å²) in [5.41, 5.74) is 5.08. The van der Waals surface area contributed by atoms with Crippen molar-refractivity contribution in [2.24, 2.45) is 4.99 Å². The highest BCUT2D eigenvalue weighted by Gasteiger charge is 2.32. The highest BCUT2D eigenvalue weighted by atomic mass is 79.9. The maximum Gasteiger partial charge on any atom is 0.266 e. The average Bonchev–Trinajstić information content (AvgIpc) is 3.23. The summed E-state index contributed by atoms with van der Waals surface area (Å²) in [6.07, 6.45) is 1.97. The van der Waals surface area contributed by atoms with Crippen molar-refractivity contribution in [2.75, 3.05) is 13.7 Å². The van der Waals surface area contributed by atoms with E-state index in [9.17, 15) is 4.79 Å². The maximum absolute atomic E-state index is 13.1. The number of amides is 1. The van der Waals surface area contributed by atoms with Crippen molar-refractivity contribution in [3.05, 3.63) is 80.9 Å². The van der Waals surface area contributed by atoms with Gasteiger partial charge in [-0.2, -0.15) is 0 Å². The van der Waals surface area contributed by atoms with Gasteiger partial charge in [0.2, 0.25) is 0 Å². The number of ether oxygens (including phenoxy) is 1. The lowest BCUT2D eigenvalue weighted by Gasteiger charge is -2.12. The number of benzene rings is 2. The van der Waals surface area contributed by atoms with Crippen molar-refractivity contribution >= 4 is 50.5 Å². The lowest BCUT2D eigenvalue weighted by Crippen LogP contribution is -2.28. The van der Waals surface area contributed by atoms with Crippen LogP contribution in [0.1, 0.15) is 23.9 Å². The van der Waals surface area contributed by atoms with E-state index in [0.29, 0.717) is 16.6 Å². The Kier molecular flexibility index (Phi) is 6.58. The van der Waals surface area contributed by atoms with Crippen molar-refractivity contribution in [1.29, 1.82) is 0 Å². The first-order chi connectivity index (χ1) is 15.4. The number of para-hydroxylation sites is 1. The van der Waals surface area contributed by atoms with Crippen LogP contribution >= 0.6 is 27.7 Å². The minimum absolute atomic E-state index is 0.0181. The van der Waals surface area contributed by atoms with Crippen LogP contribution in [0, 0.1) is 13.8 Å². The number of halogens is 1. The molecule has 0 aliphatic carbocycles. The first-order valence-corrected chi connectivity index (χ1v) is 11.9. The molecule has 32 heavy (non-hydrogen) atoms. The molecule has 1 aliphatic rings. The molecule has 4 rings (SSSR count). The van der Waals surface area contributed by atoms with Crippen LogP contribution in [0.15, 0.2) is 69.0 Å². The van der Waals surface area contributed by atoms with Gasteiger partial charge in [-0.1, -0.05) is 12.1 Å². The monoisotopic (exact) mass is 509 g/mol. The third kappa shape index (κ3) is 4.27. The molecule has 1 amide bonds. The Morgan fingerprint density at radius 2 is 1.84 bits per heavy atom. The minimum Gasteiger partial charge on any atom is -0.497 e. The minimum atomic E-state index is -0.0181. The van der Waals surface area contributed by atoms with Gasteiger partial charge in [-0.25, -0.2) is 4.99 Å². The molecular formula is C25H24BrN3O2S. The molecule has 1 aliphatic heterocycles. The number of thioether (sulfide) groups is 1. The van der Waals surface area contributed by atoms with Crippen molar-refractivity contribution < 1.29 is 9.53 Å². The average molecular weight is 510 g/mol. The molecule has 7 heteroatoms. The predicted molar refractivity (Wildman–Crippen MR) is 136 cm³/mol. The van der Waals surface area contributed by atoms with Crippen LogP contribution in [0.2, 0.25) is 0 Å². The van der Waals surface area contributed by atoms with Crippen LogP contribution in [0.3, 0.4) is 0 Å². The fraction of sp³-hybridized carbons (Fsp3) is 0.200. The predicted octanol–water partition coefficient (Wildman–Crippen LogP) is 6.49. The number of amidine groups is 1. The molecule has 3 aromatic rings. The van der Waals surface area contributed by atoms with E-state index in [4.69, 9.17) is 9.73 Å². The van der Waals surface area contributed by atoms with Gasteiger partial charge < -0.3 is 9.30 Å². The number of hydrogen-bond donors (Lipinski definition) is 0. The fourth-order valence-corrected chi connectivity index (χ4v) is 5.23. The van der Waals surface area contributed by atoms with Gasteiger partial charge in [-0.05, 0) is 103 Å². The summed E-state index contributed by atoms with van der Waals surface area (Å²) in [4.78, 5) is 20.2. The van der Waals surface area contributed by atoms with Crippen LogP contribution in [0.25, 0.3) is 11.8 Å². The van der Waals surface area contributed by atoms with E-state index in [0.717, 1.165) is 38.5 Å². The second-order valence-electron chi connectivity index (χ2n) is 7.37. The molecule has 164 valence electrons. The SMILES string of the molecule is CCN1C(=O)/C(=C\c2cc(C)n(-c3ccccc3Br)c2C)SC1=Nc1ccc(OC)cc1. The highest BCUT2D eigenvalue weighted by Crippen LogP contribution is 2.36. The summed E-state index contributed by atoms with van der Waals surface area (Å²) >= 11 is 5.06. The third-order valence-electron chi connectivity index (χ3n) is 5.35. The van der Waals surface area contributed by atoms with Gasteiger partial charge in [-0.3, -0.25) is 9.69 Å².